The van der Waals surface area contributed by atoms with Crippen molar-refractivity contribution in [2.24, 2.45) is 0 Å². The fourth-order valence-corrected chi connectivity index (χ4v) is 4.49. The van der Waals surface area contributed by atoms with Crippen LogP contribution in [0.1, 0.15) is 28.3 Å². The van der Waals surface area contributed by atoms with Gasteiger partial charge in [0.05, 0.1) is 0 Å². The third-order valence-corrected chi connectivity index (χ3v) is 6.01. The number of nitrogens with one attached hydrogen (secondary N) is 2. The highest BCUT2D eigenvalue weighted by molar-refractivity contribution is 5.81. The summed E-state index contributed by atoms with van der Waals surface area (Å²) in [7, 11) is 0. The van der Waals surface area contributed by atoms with E-state index in [4.69, 9.17) is 4.74 Å². The molecule has 1 aromatic heterocycles. The summed E-state index contributed by atoms with van der Waals surface area (Å²) in [5.41, 5.74) is 7.32. The number of carbonyl (C=O) groups excluding carboxylic acids is 1. The zero-order chi connectivity index (χ0) is 22.8. The molecule has 3 aromatic carbocycles. The predicted molar refractivity (Wildman–Crippen MR) is 131 cm³/mol. The average Bonchev–Trinajstić information content (AvgIpc) is 3.14. The van der Waals surface area contributed by atoms with Gasteiger partial charge in [-0.1, -0.05) is 66.7 Å². The van der Waals surface area contributed by atoms with Crippen LogP contribution in [0.2, 0.25) is 0 Å². The lowest BCUT2D eigenvalue weighted by Gasteiger charge is -2.14. The second-order valence-electron chi connectivity index (χ2n) is 8.23. The number of carbonyl (C=O) groups is 1. The van der Waals surface area contributed by atoms with E-state index in [-0.39, 0.29) is 18.0 Å². The minimum atomic E-state index is -0.452. The molecule has 0 atom stereocenters. The molecule has 164 valence electrons. The lowest BCUT2D eigenvalue weighted by molar-refractivity contribution is 0.144. The van der Waals surface area contributed by atoms with Crippen molar-refractivity contribution in [2.75, 3.05) is 13.2 Å². The summed E-state index contributed by atoms with van der Waals surface area (Å²) in [6.07, 6.45) is 3.26. The maximum Gasteiger partial charge on any atom is 0.407 e. The summed E-state index contributed by atoms with van der Waals surface area (Å²) in [5.74, 6) is 0.0398. The smallest absolute Gasteiger partial charge is 0.407 e. The highest BCUT2D eigenvalue weighted by atomic mass is 16.5. The first-order valence-corrected chi connectivity index (χ1v) is 11.0. The van der Waals surface area contributed by atoms with Crippen LogP contribution in [0.5, 0.6) is 0 Å². The summed E-state index contributed by atoms with van der Waals surface area (Å²) in [4.78, 5) is 27.7. The monoisotopic (exact) mass is 436 g/mol. The third kappa shape index (κ3) is 4.17. The molecule has 0 unspecified atom stereocenters. The lowest BCUT2D eigenvalue weighted by atomic mass is 9.98. The number of aromatic nitrogens is 1. The van der Waals surface area contributed by atoms with Gasteiger partial charge in [0.2, 0.25) is 0 Å². The van der Waals surface area contributed by atoms with Gasteiger partial charge in [-0.25, -0.2) is 4.79 Å². The number of alkyl carbamates (subject to hydrolysis) is 1. The Morgan fingerprint density at radius 2 is 1.70 bits per heavy atom. The fourth-order valence-electron chi connectivity index (χ4n) is 4.49. The number of hydrogen-bond donors (Lipinski definition) is 2. The molecule has 1 aliphatic rings. The van der Waals surface area contributed by atoms with Gasteiger partial charge in [0.25, 0.3) is 0 Å². The number of benzene rings is 3. The summed E-state index contributed by atoms with van der Waals surface area (Å²) in [6.45, 7) is 2.49. The quantitative estimate of drug-likeness (QED) is 0.441. The molecule has 0 aliphatic heterocycles. The molecule has 0 saturated heterocycles. The zero-order valence-electron chi connectivity index (χ0n) is 18.3. The SMILES string of the molecule is Cc1cc(=O)c2cc(C=CCNC(=O)OCC3c4ccccc4-c4ccccc43)ccc2[nH]1. The number of amides is 1. The predicted octanol–water partition coefficient (Wildman–Crippen LogP) is 5.39. The van der Waals surface area contributed by atoms with Gasteiger partial charge in [-0.15, -0.1) is 0 Å². The van der Waals surface area contributed by atoms with Crippen LogP contribution < -0.4 is 10.7 Å². The number of aromatic amines is 1. The molecule has 0 fully saturated rings. The van der Waals surface area contributed by atoms with Crippen LogP contribution in [0, 0.1) is 6.92 Å². The second-order valence-corrected chi connectivity index (χ2v) is 8.23. The van der Waals surface area contributed by atoms with Gasteiger partial charge >= 0.3 is 6.09 Å². The molecular formula is C28H24N2O3. The maximum absolute atomic E-state index is 12.3. The van der Waals surface area contributed by atoms with Gasteiger partial charge in [-0.2, -0.15) is 0 Å². The van der Waals surface area contributed by atoms with Crippen LogP contribution in [0.3, 0.4) is 0 Å². The molecule has 5 heteroatoms. The van der Waals surface area contributed by atoms with Gasteiger partial charge in [0.1, 0.15) is 6.61 Å². The average molecular weight is 437 g/mol. The summed E-state index contributed by atoms with van der Waals surface area (Å²) >= 11 is 0. The Hall–Kier alpha value is -4.12. The first-order chi connectivity index (χ1) is 16.1. The number of hydrogen-bond acceptors (Lipinski definition) is 3. The van der Waals surface area contributed by atoms with Crippen molar-refractivity contribution in [1.82, 2.24) is 10.3 Å². The van der Waals surface area contributed by atoms with E-state index in [0.29, 0.717) is 11.9 Å². The van der Waals surface area contributed by atoms with E-state index in [1.54, 1.807) is 6.07 Å². The number of H-pyrrole nitrogens is 1. The van der Waals surface area contributed by atoms with E-state index in [2.05, 4.69) is 34.6 Å². The summed E-state index contributed by atoms with van der Waals surface area (Å²) < 4.78 is 5.55. The van der Waals surface area contributed by atoms with Crippen LogP contribution in [0.4, 0.5) is 4.79 Å². The third-order valence-electron chi connectivity index (χ3n) is 6.01. The molecule has 0 spiro atoms. The first kappa shape index (κ1) is 20.8. The highest BCUT2D eigenvalue weighted by Crippen LogP contribution is 2.44. The van der Waals surface area contributed by atoms with Gasteiger partial charge in [0.15, 0.2) is 5.43 Å². The van der Waals surface area contributed by atoms with Crippen LogP contribution in [-0.4, -0.2) is 24.2 Å². The highest BCUT2D eigenvalue weighted by Gasteiger charge is 2.28. The van der Waals surface area contributed by atoms with Crippen molar-refractivity contribution in [3.63, 3.8) is 0 Å². The van der Waals surface area contributed by atoms with E-state index in [9.17, 15) is 9.59 Å². The zero-order valence-corrected chi connectivity index (χ0v) is 18.3. The number of aryl methyl sites for hydroxylation is 1. The molecule has 0 radical (unpaired) electrons. The normalized spacial score (nSPS) is 12.6. The van der Waals surface area contributed by atoms with Gasteiger partial charge < -0.3 is 15.0 Å². The van der Waals surface area contributed by atoms with Crippen LogP contribution in [0.15, 0.2) is 83.7 Å². The molecule has 5 nitrogen and oxygen atoms in total. The minimum Gasteiger partial charge on any atom is -0.449 e. The van der Waals surface area contributed by atoms with Crippen LogP contribution >= 0.6 is 0 Å². The minimum absolute atomic E-state index is 0.00624. The number of ether oxygens (including phenoxy) is 1. The molecule has 4 aromatic rings. The van der Waals surface area contributed by atoms with E-state index >= 15 is 0 Å². The summed E-state index contributed by atoms with van der Waals surface area (Å²) in [5, 5.41) is 3.41. The van der Waals surface area contributed by atoms with Crippen molar-refractivity contribution in [2.45, 2.75) is 12.8 Å². The van der Waals surface area contributed by atoms with E-state index in [1.165, 1.54) is 22.3 Å². The lowest BCUT2D eigenvalue weighted by Crippen LogP contribution is -2.26. The Morgan fingerprint density at radius 3 is 2.42 bits per heavy atom. The Kier molecular flexibility index (Phi) is 5.53. The van der Waals surface area contributed by atoms with Gasteiger partial charge in [-0.05, 0) is 46.9 Å². The Balaban J connectivity index is 1.19. The first-order valence-electron chi connectivity index (χ1n) is 11.0. The molecule has 0 saturated carbocycles. The molecule has 33 heavy (non-hydrogen) atoms. The standard InChI is InChI=1S/C28H24N2O3/c1-18-15-27(31)24-16-19(12-13-26(24)30-18)7-6-14-29-28(32)33-17-25-22-10-4-2-8-20(22)21-9-3-5-11-23(21)25/h2-13,15-16,25H,14,17H2,1H3,(H,29,32)(H,30,31). The second kappa shape index (κ2) is 8.79. The number of pyridine rings is 1. The largest absolute Gasteiger partial charge is 0.449 e. The molecule has 0 bridgehead atoms. The number of rotatable bonds is 5. The van der Waals surface area contributed by atoms with E-state index in [1.807, 2.05) is 61.5 Å². The number of fused-ring (bicyclic) bond motifs is 4. The Labute approximate surface area is 191 Å². The van der Waals surface area contributed by atoms with Gasteiger partial charge in [-0.3, -0.25) is 4.79 Å². The van der Waals surface area contributed by atoms with Crippen LogP contribution in [0.25, 0.3) is 28.1 Å². The maximum atomic E-state index is 12.3. The Morgan fingerprint density at radius 1 is 1.00 bits per heavy atom. The molecule has 1 heterocycles. The van der Waals surface area contributed by atoms with Crippen LogP contribution in [-0.2, 0) is 4.74 Å². The molecular weight excluding hydrogens is 412 g/mol. The van der Waals surface area contributed by atoms with Crippen molar-refractivity contribution < 1.29 is 9.53 Å². The van der Waals surface area contributed by atoms with Crippen molar-refractivity contribution in [3.8, 4) is 11.1 Å². The molecule has 1 amide bonds. The van der Waals surface area contributed by atoms with Gasteiger partial charge in [0, 0.05) is 35.1 Å². The molecule has 5 rings (SSSR count). The Bertz CT molecular complexity index is 1390. The van der Waals surface area contributed by atoms with Crippen molar-refractivity contribution in [1.29, 1.82) is 0 Å². The molecule has 2 N–H and O–H groups in total. The molecule has 1 aliphatic carbocycles. The van der Waals surface area contributed by atoms with E-state index < -0.39 is 6.09 Å². The fraction of sp³-hybridized carbons (Fsp3) is 0.143. The van der Waals surface area contributed by atoms with Crippen molar-refractivity contribution >= 4 is 23.1 Å². The topological polar surface area (TPSA) is 71.2 Å². The van der Waals surface area contributed by atoms with Crippen molar-refractivity contribution in [3.05, 3.63) is 111 Å². The van der Waals surface area contributed by atoms with E-state index in [0.717, 1.165) is 16.8 Å². The summed E-state index contributed by atoms with van der Waals surface area (Å²) in [6, 6.07) is 23.8.